The highest BCUT2D eigenvalue weighted by molar-refractivity contribution is 9.10. The van der Waals surface area contributed by atoms with Gasteiger partial charge in [0.15, 0.2) is 0 Å². The maximum Gasteiger partial charge on any atom is 0.259 e. The third kappa shape index (κ3) is 5.60. The topological polar surface area (TPSA) is 66.6 Å². The third-order valence-electron chi connectivity index (χ3n) is 3.50. The van der Waals surface area contributed by atoms with Crippen LogP contribution >= 0.6 is 39.1 Å². The minimum atomic E-state index is -0.276. The molecule has 2 aromatic carbocycles. The molecular formula is C19H14BrCl2N3O2. The van der Waals surface area contributed by atoms with E-state index >= 15 is 0 Å². The van der Waals surface area contributed by atoms with Gasteiger partial charge in [0.05, 0.1) is 17.8 Å². The zero-order valence-corrected chi connectivity index (χ0v) is 17.0. The molecule has 0 spiro atoms. The highest BCUT2D eigenvalue weighted by Gasteiger charge is 2.08. The van der Waals surface area contributed by atoms with Crippen LogP contribution in [0.5, 0.6) is 0 Å². The summed E-state index contributed by atoms with van der Waals surface area (Å²) in [4.78, 5) is 11.8. The van der Waals surface area contributed by atoms with Crippen molar-refractivity contribution in [1.29, 1.82) is 0 Å². The molecule has 3 aromatic rings. The van der Waals surface area contributed by atoms with Gasteiger partial charge in [0.25, 0.3) is 5.91 Å². The smallest absolute Gasteiger partial charge is 0.259 e. The normalized spacial score (nSPS) is 10.9. The number of anilines is 1. The van der Waals surface area contributed by atoms with Crippen molar-refractivity contribution in [2.24, 2.45) is 5.10 Å². The monoisotopic (exact) mass is 465 g/mol. The first-order chi connectivity index (χ1) is 13.0. The molecule has 0 saturated carbocycles. The highest BCUT2D eigenvalue weighted by atomic mass is 79.9. The van der Waals surface area contributed by atoms with Crippen molar-refractivity contribution in [3.63, 3.8) is 0 Å². The lowest BCUT2D eigenvalue weighted by Gasteiger charge is -2.04. The van der Waals surface area contributed by atoms with E-state index in [0.717, 1.165) is 15.7 Å². The molecule has 0 aliphatic heterocycles. The lowest BCUT2D eigenvalue weighted by Crippen LogP contribution is -2.25. The molecule has 0 atom stereocenters. The molecule has 0 fully saturated rings. The van der Waals surface area contributed by atoms with Gasteiger partial charge in [0, 0.05) is 20.7 Å². The molecule has 1 amide bonds. The zero-order valence-electron chi connectivity index (χ0n) is 13.9. The van der Waals surface area contributed by atoms with Crippen molar-refractivity contribution in [1.82, 2.24) is 5.43 Å². The molecule has 0 saturated heterocycles. The summed E-state index contributed by atoms with van der Waals surface area (Å²) in [5.41, 5.74) is 4.00. The van der Waals surface area contributed by atoms with Crippen LogP contribution in [0.1, 0.15) is 5.76 Å². The van der Waals surface area contributed by atoms with E-state index in [2.05, 4.69) is 31.8 Å². The molecule has 2 N–H and O–H groups in total. The zero-order chi connectivity index (χ0) is 19.2. The maximum atomic E-state index is 11.8. The van der Waals surface area contributed by atoms with E-state index in [4.69, 9.17) is 27.6 Å². The average molecular weight is 467 g/mol. The predicted octanol–water partition coefficient (Wildman–Crippen LogP) is 5.58. The van der Waals surface area contributed by atoms with Crippen molar-refractivity contribution >= 4 is 56.9 Å². The number of rotatable bonds is 6. The molecule has 1 heterocycles. The van der Waals surface area contributed by atoms with Crippen molar-refractivity contribution in [2.45, 2.75) is 0 Å². The van der Waals surface area contributed by atoms with Crippen LogP contribution in [0.3, 0.4) is 0 Å². The van der Waals surface area contributed by atoms with Crippen molar-refractivity contribution in [3.8, 4) is 11.3 Å². The predicted molar refractivity (Wildman–Crippen MR) is 113 cm³/mol. The van der Waals surface area contributed by atoms with E-state index in [1.54, 1.807) is 30.3 Å². The lowest BCUT2D eigenvalue weighted by atomic mass is 10.2. The first-order valence-corrected chi connectivity index (χ1v) is 9.43. The van der Waals surface area contributed by atoms with Gasteiger partial charge in [-0.05, 0) is 54.6 Å². The number of carbonyl (C=O) groups is 1. The van der Waals surface area contributed by atoms with Gasteiger partial charge in [-0.15, -0.1) is 0 Å². The van der Waals surface area contributed by atoms with Crippen LogP contribution in [0.4, 0.5) is 5.69 Å². The molecule has 27 heavy (non-hydrogen) atoms. The first kappa shape index (κ1) is 19.5. The highest BCUT2D eigenvalue weighted by Crippen LogP contribution is 2.31. The first-order valence-electron chi connectivity index (χ1n) is 7.88. The summed E-state index contributed by atoms with van der Waals surface area (Å²) in [6, 6.07) is 16.2. The fraction of sp³-hybridized carbons (Fsp3) is 0.0526. The Morgan fingerprint density at radius 3 is 2.63 bits per heavy atom. The van der Waals surface area contributed by atoms with Crippen LogP contribution in [0, 0.1) is 0 Å². The summed E-state index contributed by atoms with van der Waals surface area (Å²) in [6.07, 6.45) is 1.42. The summed E-state index contributed by atoms with van der Waals surface area (Å²) in [7, 11) is 0. The Kier molecular flexibility index (Phi) is 6.55. The fourth-order valence-electron chi connectivity index (χ4n) is 2.21. The molecule has 0 bridgehead atoms. The number of halogens is 3. The molecule has 0 aliphatic carbocycles. The summed E-state index contributed by atoms with van der Waals surface area (Å²) in [6.45, 7) is 0.1000. The summed E-state index contributed by atoms with van der Waals surface area (Å²) in [5.74, 6) is 0.792. The second-order valence-corrected chi connectivity index (χ2v) is 7.24. The van der Waals surface area contributed by atoms with Gasteiger partial charge in [-0.25, -0.2) is 5.43 Å². The quantitative estimate of drug-likeness (QED) is 0.368. The Labute approximate surface area is 174 Å². The van der Waals surface area contributed by atoms with Crippen molar-refractivity contribution < 1.29 is 9.21 Å². The minimum absolute atomic E-state index is 0.1000. The van der Waals surface area contributed by atoms with E-state index < -0.39 is 0 Å². The van der Waals surface area contributed by atoms with Gasteiger partial charge in [-0.3, -0.25) is 4.79 Å². The van der Waals surface area contributed by atoms with Crippen LogP contribution in [0.2, 0.25) is 10.0 Å². The number of hydrogen-bond acceptors (Lipinski definition) is 4. The van der Waals surface area contributed by atoms with E-state index in [1.165, 1.54) is 6.21 Å². The van der Waals surface area contributed by atoms with Gasteiger partial charge in [-0.2, -0.15) is 5.10 Å². The third-order valence-corrected chi connectivity index (χ3v) is 4.58. The number of nitrogens with zero attached hydrogens (tertiary/aromatic N) is 1. The number of carbonyl (C=O) groups excluding carboxylic acids is 1. The van der Waals surface area contributed by atoms with E-state index in [0.29, 0.717) is 21.6 Å². The molecule has 1 aromatic heterocycles. The van der Waals surface area contributed by atoms with Crippen LogP contribution < -0.4 is 10.7 Å². The van der Waals surface area contributed by atoms with Crippen LogP contribution in [0.25, 0.3) is 11.3 Å². The SMILES string of the molecule is O=C(CNc1ccc(Br)cc1)N/N=C\c1ccc(-c2ccc(Cl)cc2Cl)o1. The van der Waals surface area contributed by atoms with Crippen LogP contribution in [0.15, 0.2) is 68.6 Å². The van der Waals surface area contributed by atoms with Gasteiger partial charge in [0.1, 0.15) is 11.5 Å². The molecule has 0 radical (unpaired) electrons. The van der Waals surface area contributed by atoms with E-state index in [-0.39, 0.29) is 12.5 Å². The average Bonchev–Trinajstić information content (AvgIpc) is 3.10. The van der Waals surface area contributed by atoms with Gasteiger partial charge < -0.3 is 9.73 Å². The lowest BCUT2D eigenvalue weighted by molar-refractivity contribution is -0.119. The van der Waals surface area contributed by atoms with Crippen LogP contribution in [-0.4, -0.2) is 18.7 Å². The maximum absolute atomic E-state index is 11.8. The van der Waals surface area contributed by atoms with Gasteiger partial charge in [-0.1, -0.05) is 39.1 Å². The molecule has 8 heteroatoms. The standard InChI is InChI=1S/C19H14BrCl2N3O2/c20-12-1-4-14(5-2-12)23-11-19(26)25-24-10-15-6-8-18(27-15)16-7-3-13(21)9-17(16)22/h1-10,23H,11H2,(H,25,26)/b24-10-. The van der Waals surface area contributed by atoms with Crippen molar-refractivity contribution in [2.75, 3.05) is 11.9 Å². The fourth-order valence-corrected chi connectivity index (χ4v) is 2.98. The summed E-state index contributed by atoms with van der Waals surface area (Å²) < 4.78 is 6.64. The number of hydrogen-bond donors (Lipinski definition) is 2. The Morgan fingerprint density at radius 1 is 1.11 bits per heavy atom. The number of hydrazone groups is 1. The molecule has 5 nitrogen and oxygen atoms in total. The Balaban J connectivity index is 1.53. The van der Waals surface area contributed by atoms with E-state index in [9.17, 15) is 4.79 Å². The molecule has 0 unspecified atom stereocenters. The number of amides is 1. The molecule has 138 valence electrons. The Morgan fingerprint density at radius 2 is 1.89 bits per heavy atom. The number of benzene rings is 2. The molecular weight excluding hydrogens is 453 g/mol. The summed E-state index contributed by atoms with van der Waals surface area (Å²) >= 11 is 15.4. The van der Waals surface area contributed by atoms with Crippen LogP contribution in [-0.2, 0) is 4.79 Å². The van der Waals surface area contributed by atoms with Crippen molar-refractivity contribution in [3.05, 3.63) is 74.9 Å². The van der Waals surface area contributed by atoms with Gasteiger partial charge >= 0.3 is 0 Å². The van der Waals surface area contributed by atoms with E-state index in [1.807, 2.05) is 24.3 Å². The largest absolute Gasteiger partial charge is 0.455 e. The molecule has 0 aliphatic rings. The number of nitrogens with one attached hydrogen (secondary N) is 2. The second-order valence-electron chi connectivity index (χ2n) is 5.48. The summed E-state index contributed by atoms with van der Waals surface area (Å²) in [5, 5.41) is 7.94. The minimum Gasteiger partial charge on any atom is -0.455 e. The Hall–Kier alpha value is -2.28. The second kappa shape index (κ2) is 9.08. The van der Waals surface area contributed by atoms with Gasteiger partial charge in [0.2, 0.25) is 0 Å². The number of furan rings is 1. The molecule has 3 rings (SSSR count). The Bertz CT molecular complexity index is 971.